The molecule has 0 bridgehead atoms. The van der Waals surface area contributed by atoms with Crippen LogP contribution in [0.15, 0.2) is 0 Å². The zero-order valence-corrected chi connectivity index (χ0v) is 11.8. The Bertz CT molecular complexity index is 23.3. The Hall–Kier alpha value is 2.61. The van der Waals surface area contributed by atoms with Crippen LogP contribution in [0.3, 0.4) is 0 Å². The van der Waals surface area contributed by atoms with Crippen molar-refractivity contribution in [3.8, 4) is 0 Å². The quantitative estimate of drug-likeness (QED) is 0.388. The summed E-state index contributed by atoms with van der Waals surface area (Å²) in [5.74, 6) is 0.833. The van der Waals surface area contributed by atoms with E-state index in [4.69, 9.17) is 0 Å². The van der Waals surface area contributed by atoms with Crippen molar-refractivity contribution in [1.82, 2.24) is 0 Å². The first-order valence-electron chi connectivity index (χ1n) is 1.73. The van der Waals surface area contributed by atoms with Gasteiger partial charge in [0.2, 0.25) is 0 Å². The fraction of sp³-hybridized carbons (Fsp3) is 1.00. The molecule has 0 nitrogen and oxygen atoms in total. The Kier molecular flexibility index (Phi) is 144. The SMILES string of the molecule is CC(C)C.[Br-].[Br-].[Cl-].[Li+].[Mg+2]. The average molecular weight is 285 g/mol. The van der Waals surface area contributed by atoms with Gasteiger partial charge >= 0.3 is 41.9 Å². The molecular formula is C4H10Br2ClLiMg. The molecule has 0 amide bonds. The van der Waals surface area contributed by atoms with Crippen LogP contribution < -0.4 is 65.2 Å². The second-order valence-corrected chi connectivity index (χ2v) is 1.73. The predicted molar refractivity (Wildman–Crippen MR) is 26.3 cm³/mol. The molecule has 0 atom stereocenters. The molecule has 0 saturated carbocycles. The molecule has 5 heteroatoms. The first kappa shape index (κ1) is 41.5. The van der Waals surface area contributed by atoms with Crippen molar-refractivity contribution in [3.63, 3.8) is 0 Å². The standard InChI is InChI=1S/C4H10.2BrH.ClH.Li.Mg/c1-4(2)3;;;;;/h4H,1-3H3;3*1H;;/q;;;;+1;+2/p-3. The van der Waals surface area contributed by atoms with Crippen LogP contribution in [0.5, 0.6) is 0 Å². The summed E-state index contributed by atoms with van der Waals surface area (Å²) in [6.45, 7) is 6.50. The first-order valence-corrected chi connectivity index (χ1v) is 1.73. The summed E-state index contributed by atoms with van der Waals surface area (Å²) in [6, 6.07) is 0. The smallest absolute Gasteiger partial charge is 1.00 e. The van der Waals surface area contributed by atoms with E-state index in [-0.39, 0.29) is 88.3 Å². The molecule has 0 aliphatic heterocycles. The molecule has 0 aromatic carbocycles. The van der Waals surface area contributed by atoms with Crippen LogP contribution in [-0.2, 0) is 0 Å². The molecule has 0 N–H and O–H groups in total. The minimum Gasteiger partial charge on any atom is -1.00 e. The summed E-state index contributed by atoms with van der Waals surface area (Å²) < 4.78 is 0. The molecule has 9 heavy (non-hydrogen) atoms. The van der Waals surface area contributed by atoms with Gasteiger partial charge in [-0.15, -0.1) is 0 Å². The summed E-state index contributed by atoms with van der Waals surface area (Å²) in [4.78, 5) is 0. The van der Waals surface area contributed by atoms with Crippen LogP contribution in [-0.4, -0.2) is 23.1 Å². The predicted octanol–water partition coefficient (Wildman–Crippen LogP) is -10.7. The zero-order valence-electron chi connectivity index (χ0n) is 6.42. The van der Waals surface area contributed by atoms with Crippen molar-refractivity contribution in [2.24, 2.45) is 5.92 Å². The van der Waals surface area contributed by atoms with Gasteiger partial charge in [-0.05, 0) is 5.92 Å². The van der Waals surface area contributed by atoms with Crippen molar-refractivity contribution >= 4 is 23.1 Å². The molecule has 0 aliphatic rings. The van der Waals surface area contributed by atoms with Gasteiger partial charge in [0, 0.05) is 0 Å². The Labute approximate surface area is 114 Å². The second kappa shape index (κ2) is 31.1. The van der Waals surface area contributed by atoms with Crippen LogP contribution in [0.25, 0.3) is 0 Å². The van der Waals surface area contributed by atoms with E-state index in [0.29, 0.717) is 0 Å². The van der Waals surface area contributed by atoms with Gasteiger partial charge in [0.1, 0.15) is 0 Å². The summed E-state index contributed by atoms with van der Waals surface area (Å²) in [7, 11) is 0. The van der Waals surface area contributed by atoms with E-state index in [2.05, 4.69) is 20.8 Å². The van der Waals surface area contributed by atoms with Gasteiger partial charge in [-0.3, -0.25) is 0 Å². The van der Waals surface area contributed by atoms with Crippen LogP contribution in [0.2, 0.25) is 0 Å². The Morgan fingerprint density at radius 1 is 0.889 bits per heavy atom. The largest absolute Gasteiger partial charge is 2.00 e. The van der Waals surface area contributed by atoms with Crippen molar-refractivity contribution < 1.29 is 65.2 Å². The number of hydrogen-bond acceptors (Lipinski definition) is 0. The van der Waals surface area contributed by atoms with E-state index in [0.717, 1.165) is 5.92 Å². The molecule has 0 rings (SSSR count). The molecule has 0 aliphatic carbocycles. The zero-order chi connectivity index (χ0) is 3.58. The van der Waals surface area contributed by atoms with Crippen LogP contribution in [0.4, 0.5) is 0 Å². The molecule has 0 fully saturated rings. The van der Waals surface area contributed by atoms with Gasteiger partial charge < -0.3 is 46.4 Å². The first-order chi connectivity index (χ1) is 1.73. The van der Waals surface area contributed by atoms with Gasteiger partial charge in [-0.25, -0.2) is 0 Å². The maximum atomic E-state index is 2.17. The van der Waals surface area contributed by atoms with Crippen molar-refractivity contribution in [1.29, 1.82) is 0 Å². The third-order valence-electron chi connectivity index (χ3n) is 0. The van der Waals surface area contributed by atoms with Gasteiger partial charge in [0.25, 0.3) is 0 Å². The summed E-state index contributed by atoms with van der Waals surface area (Å²) in [5, 5.41) is 0. The van der Waals surface area contributed by atoms with Crippen molar-refractivity contribution in [2.75, 3.05) is 0 Å². The van der Waals surface area contributed by atoms with E-state index in [1.54, 1.807) is 0 Å². The number of rotatable bonds is 0. The van der Waals surface area contributed by atoms with Gasteiger partial charge in [-0.1, -0.05) is 20.8 Å². The second-order valence-electron chi connectivity index (χ2n) is 1.73. The fourth-order valence-corrected chi connectivity index (χ4v) is 0. The van der Waals surface area contributed by atoms with Gasteiger partial charge in [0.15, 0.2) is 0 Å². The molecular weight excluding hydrogens is 275 g/mol. The molecule has 0 aromatic rings. The van der Waals surface area contributed by atoms with Crippen molar-refractivity contribution in [3.05, 3.63) is 0 Å². The molecule has 0 saturated heterocycles. The summed E-state index contributed by atoms with van der Waals surface area (Å²) in [6.07, 6.45) is 0. The average Bonchev–Trinajstić information content (AvgIpc) is 0.811. The number of halogens is 3. The Morgan fingerprint density at radius 2 is 0.889 bits per heavy atom. The van der Waals surface area contributed by atoms with Gasteiger partial charge in [0.05, 0.1) is 0 Å². The van der Waals surface area contributed by atoms with Crippen LogP contribution in [0, 0.1) is 5.92 Å². The molecule has 0 unspecified atom stereocenters. The maximum absolute atomic E-state index is 2.17. The Morgan fingerprint density at radius 3 is 0.889 bits per heavy atom. The maximum Gasteiger partial charge on any atom is 2.00 e. The molecule has 0 aromatic heterocycles. The molecule has 0 heterocycles. The normalized spacial score (nSPS) is 4.00. The van der Waals surface area contributed by atoms with Crippen LogP contribution >= 0.6 is 0 Å². The van der Waals surface area contributed by atoms with Gasteiger partial charge in [-0.2, -0.15) is 0 Å². The summed E-state index contributed by atoms with van der Waals surface area (Å²) >= 11 is 0. The van der Waals surface area contributed by atoms with Crippen molar-refractivity contribution in [2.45, 2.75) is 20.8 Å². The topological polar surface area (TPSA) is 0 Å². The third kappa shape index (κ3) is 115. The molecule has 50 valence electrons. The van der Waals surface area contributed by atoms with E-state index >= 15 is 0 Å². The molecule has 0 radical (unpaired) electrons. The summed E-state index contributed by atoms with van der Waals surface area (Å²) in [5.41, 5.74) is 0. The van der Waals surface area contributed by atoms with E-state index < -0.39 is 0 Å². The van der Waals surface area contributed by atoms with E-state index in [1.807, 2.05) is 0 Å². The van der Waals surface area contributed by atoms with Crippen LogP contribution in [0.1, 0.15) is 20.8 Å². The third-order valence-corrected chi connectivity index (χ3v) is 0. The fourth-order valence-electron chi connectivity index (χ4n) is 0. The number of hydrogen-bond donors (Lipinski definition) is 0. The van der Waals surface area contributed by atoms with E-state index in [9.17, 15) is 0 Å². The minimum atomic E-state index is 0. The van der Waals surface area contributed by atoms with E-state index in [1.165, 1.54) is 0 Å². The minimum absolute atomic E-state index is 0. The monoisotopic (exact) mass is 282 g/mol. The Balaban J connectivity index is -0.00000000450. The molecule has 0 spiro atoms.